The van der Waals surface area contributed by atoms with Gasteiger partial charge in [0.2, 0.25) is 0 Å². The molecule has 0 radical (unpaired) electrons. The Balaban J connectivity index is 2.57. The van der Waals surface area contributed by atoms with Crippen molar-refractivity contribution < 1.29 is 19.8 Å². The molecule has 2 rings (SSSR count). The van der Waals surface area contributed by atoms with Gasteiger partial charge >= 0.3 is 0 Å². The lowest BCUT2D eigenvalue weighted by Crippen LogP contribution is -2.02. The van der Waals surface area contributed by atoms with Crippen LogP contribution in [0, 0.1) is 0 Å². The average molecular weight is 407 g/mol. The topological polar surface area (TPSA) is 138 Å². The van der Waals surface area contributed by atoms with Crippen LogP contribution in [0.2, 0.25) is 0 Å². The lowest BCUT2D eigenvalue weighted by atomic mass is 10.2. The molecule has 0 atom stereocenters. The lowest BCUT2D eigenvalue weighted by molar-refractivity contribution is -0.114. The highest BCUT2D eigenvalue weighted by Crippen LogP contribution is 2.20. The molecule has 0 unspecified atom stereocenters. The van der Waals surface area contributed by atoms with E-state index in [0.717, 1.165) is 12.4 Å². The number of hydrogen-bond acceptors (Lipinski definition) is 9. The molecular weight excluding hydrogens is 386 g/mol. The van der Waals surface area contributed by atoms with E-state index in [2.05, 4.69) is 24.9 Å². The number of aromatic nitrogens is 3. The Labute approximate surface area is 173 Å². The Bertz CT molecular complexity index is 1010. The number of aliphatic imine (C=N–C) groups is 2. The van der Waals surface area contributed by atoms with Gasteiger partial charge in [0.25, 0.3) is 11.9 Å². The summed E-state index contributed by atoms with van der Waals surface area (Å²) in [6, 6.07) is 9.03. The number of hydrogen-bond donors (Lipinski definition) is 2. The molecule has 0 aliphatic rings. The smallest absolute Gasteiger partial charge is 0.254 e. The van der Waals surface area contributed by atoms with Gasteiger partial charge in [-0.05, 0) is 27.7 Å². The van der Waals surface area contributed by atoms with Crippen LogP contribution >= 0.6 is 0 Å². The van der Waals surface area contributed by atoms with Crippen LogP contribution in [0.4, 0.5) is 11.9 Å². The summed E-state index contributed by atoms with van der Waals surface area (Å²) in [5, 5.41) is 19.3. The first-order valence-corrected chi connectivity index (χ1v) is 8.90. The number of Topliss-reactive ketones (excluding diaryl/α,β-unsaturated/α-hetero) is 2. The molecule has 9 heteroatoms. The summed E-state index contributed by atoms with van der Waals surface area (Å²) >= 11 is 0. The molecule has 0 spiro atoms. The average Bonchev–Trinajstić information content (AvgIpc) is 2.67. The van der Waals surface area contributed by atoms with Crippen molar-refractivity contribution in [3.8, 4) is 11.4 Å². The van der Waals surface area contributed by atoms with E-state index in [9.17, 15) is 19.8 Å². The van der Waals surface area contributed by atoms with Crippen LogP contribution in [0.5, 0.6) is 0 Å². The highest BCUT2D eigenvalue weighted by atomic mass is 16.3. The number of carbonyl (C=O) groups excluding carboxylic acids is 2. The van der Waals surface area contributed by atoms with E-state index in [4.69, 9.17) is 0 Å². The van der Waals surface area contributed by atoms with Crippen LogP contribution in [0.1, 0.15) is 27.7 Å². The van der Waals surface area contributed by atoms with Gasteiger partial charge in [-0.3, -0.25) is 9.59 Å². The fourth-order valence-corrected chi connectivity index (χ4v) is 2.31. The van der Waals surface area contributed by atoms with Gasteiger partial charge in [-0.2, -0.15) is 15.0 Å². The minimum Gasteiger partial charge on any atom is -0.512 e. The summed E-state index contributed by atoms with van der Waals surface area (Å²) in [5.41, 5.74) is 0.702. The standard InChI is InChI=1S/C21H21N5O4/c1-12(27)17(13(2)28)10-22-20-24-19(16-8-6-5-7-9-16)25-21(26-20)23-11-18(14(3)29)15(4)30/h5-11,27,29H,1-4H3/b17-12+,18-14+,22-10+,23-11+. The van der Waals surface area contributed by atoms with Crippen molar-refractivity contribution >= 4 is 35.9 Å². The van der Waals surface area contributed by atoms with Gasteiger partial charge in [0, 0.05) is 18.0 Å². The van der Waals surface area contributed by atoms with Gasteiger partial charge < -0.3 is 10.2 Å². The lowest BCUT2D eigenvalue weighted by Gasteiger charge is -2.03. The zero-order chi connectivity index (χ0) is 22.3. The van der Waals surface area contributed by atoms with Crippen LogP contribution in [0.15, 0.2) is 63.0 Å². The Hall–Kier alpha value is -4.01. The second-order valence-electron chi connectivity index (χ2n) is 6.25. The highest BCUT2D eigenvalue weighted by Gasteiger charge is 2.10. The molecule has 0 fully saturated rings. The largest absolute Gasteiger partial charge is 0.512 e. The molecule has 9 nitrogen and oxygen atoms in total. The third-order valence-electron chi connectivity index (χ3n) is 3.80. The monoisotopic (exact) mass is 407 g/mol. The van der Waals surface area contributed by atoms with Crippen LogP contribution in [-0.2, 0) is 9.59 Å². The molecule has 0 amide bonds. The molecular formula is C21H21N5O4. The number of ketones is 2. The van der Waals surface area contributed by atoms with Crippen molar-refractivity contribution in [3.05, 3.63) is 53.0 Å². The Kier molecular flexibility index (Phi) is 7.40. The first kappa shape index (κ1) is 22.3. The van der Waals surface area contributed by atoms with Crippen molar-refractivity contribution in [2.45, 2.75) is 27.7 Å². The minimum atomic E-state index is -0.371. The molecule has 30 heavy (non-hydrogen) atoms. The molecule has 1 aromatic heterocycles. The van der Waals surface area contributed by atoms with Crippen LogP contribution in [-0.4, -0.2) is 49.2 Å². The summed E-state index contributed by atoms with van der Waals surface area (Å²) in [5.74, 6) is -0.941. The molecule has 1 heterocycles. The van der Waals surface area contributed by atoms with Gasteiger partial charge in [-0.1, -0.05) is 30.3 Å². The second-order valence-corrected chi connectivity index (χ2v) is 6.25. The van der Waals surface area contributed by atoms with Crippen LogP contribution in [0.3, 0.4) is 0 Å². The van der Waals surface area contributed by atoms with Crippen LogP contribution in [0.25, 0.3) is 11.4 Å². The number of nitrogens with zero attached hydrogens (tertiary/aromatic N) is 5. The van der Waals surface area contributed by atoms with Crippen molar-refractivity contribution in [1.29, 1.82) is 0 Å². The van der Waals surface area contributed by atoms with Crippen molar-refractivity contribution in [1.82, 2.24) is 15.0 Å². The second kappa shape index (κ2) is 9.97. The number of allylic oxidation sites excluding steroid dienone is 4. The maximum atomic E-state index is 11.6. The third-order valence-corrected chi connectivity index (χ3v) is 3.80. The maximum Gasteiger partial charge on any atom is 0.254 e. The molecule has 0 aliphatic carbocycles. The van der Waals surface area contributed by atoms with Gasteiger partial charge in [0.15, 0.2) is 17.4 Å². The van der Waals surface area contributed by atoms with Gasteiger partial charge in [0.05, 0.1) is 11.1 Å². The first-order chi connectivity index (χ1) is 14.2. The quantitative estimate of drug-likeness (QED) is 0.404. The third kappa shape index (κ3) is 5.99. The van der Waals surface area contributed by atoms with Crippen molar-refractivity contribution in [2.75, 3.05) is 0 Å². The Morgan fingerprint density at radius 1 is 0.767 bits per heavy atom. The summed E-state index contributed by atoms with van der Waals surface area (Å²) in [4.78, 5) is 44.0. The molecule has 0 aliphatic heterocycles. The van der Waals surface area contributed by atoms with E-state index in [0.29, 0.717) is 5.56 Å². The van der Waals surface area contributed by atoms with E-state index in [1.54, 1.807) is 12.1 Å². The van der Waals surface area contributed by atoms with E-state index in [1.165, 1.54) is 27.7 Å². The predicted octanol–water partition coefficient (Wildman–Crippen LogP) is 3.79. The Morgan fingerprint density at radius 2 is 1.20 bits per heavy atom. The van der Waals surface area contributed by atoms with Crippen molar-refractivity contribution in [3.63, 3.8) is 0 Å². The fraction of sp³-hybridized carbons (Fsp3) is 0.190. The molecule has 0 saturated heterocycles. The highest BCUT2D eigenvalue weighted by molar-refractivity contribution is 6.13. The zero-order valence-electron chi connectivity index (χ0n) is 17.0. The molecule has 0 saturated carbocycles. The molecule has 2 aromatic rings. The van der Waals surface area contributed by atoms with E-state index >= 15 is 0 Å². The van der Waals surface area contributed by atoms with Gasteiger partial charge in [0.1, 0.15) is 11.5 Å². The van der Waals surface area contributed by atoms with E-state index in [1.807, 2.05) is 18.2 Å². The number of benzene rings is 1. The summed E-state index contributed by atoms with van der Waals surface area (Å²) in [6.45, 7) is 5.33. The molecule has 1 aromatic carbocycles. The number of rotatable bonds is 7. The Morgan fingerprint density at radius 3 is 1.57 bits per heavy atom. The first-order valence-electron chi connectivity index (χ1n) is 8.90. The summed E-state index contributed by atoms with van der Waals surface area (Å²) < 4.78 is 0. The summed E-state index contributed by atoms with van der Waals surface area (Å²) in [7, 11) is 0. The van der Waals surface area contributed by atoms with E-state index in [-0.39, 0.29) is 52.0 Å². The van der Waals surface area contributed by atoms with Gasteiger partial charge in [-0.25, -0.2) is 9.98 Å². The number of aliphatic hydroxyl groups excluding tert-OH is 2. The number of aliphatic hydroxyl groups is 2. The molecule has 0 bridgehead atoms. The zero-order valence-corrected chi connectivity index (χ0v) is 17.0. The maximum absolute atomic E-state index is 11.6. The minimum absolute atomic E-state index is 0.0134. The molecule has 154 valence electrons. The number of carbonyl (C=O) groups is 2. The van der Waals surface area contributed by atoms with Crippen molar-refractivity contribution in [2.24, 2.45) is 9.98 Å². The van der Waals surface area contributed by atoms with Gasteiger partial charge in [-0.15, -0.1) is 0 Å². The van der Waals surface area contributed by atoms with E-state index < -0.39 is 0 Å². The normalized spacial score (nSPS) is 13.3. The SMILES string of the molecule is CC(=O)C(/C=N/c1nc(/N=C/C(C(C)=O)=C(/C)O)nc(-c2ccccc2)n1)=C(\C)O. The predicted molar refractivity (Wildman–Crippen MR) is 114 cm³/mol. The van der Waals surface area contributed by atoms with Crippen LogP contribution < -0.4 is 0 Å². The summed E-state index contributed by atoms with van der Waals surface area (Å²) in [6.07, 6.45) is 2.32. The molecule has 2 N–H and O–H groups in total. The fourth-order valence-electron chi connectivity index (χ4n) is 2.31.